The second kappa shape index (κ2) is 11.2. The second-order valence-corrected chi connectivity index (χ2v) is 9.48. The van der Waals surface area contributed by atoms with Crippen molar-refractivity contribution in [1.29, 1.82) is 0 Å². The van der Waals surface area contributed by atoms with Crippen molar-refractivity contribution in [2.24, 2.45) is 0 Å². The molecular weight excluding hydrogens is 502 g/mol. The number of ether oxygens (including phenoxy) is 2. The van der Waals surface area contributed by atoms with Crippen LogP contribution in [0.1, 0.15) is 18.7 Å². The largest absolute Gasteiger partial charge is 0.496 e. The third kappa shape index (κ3) is 5.43. The van der Waals surface area contributed by atoms with Gasteiger partial charge in [0.05, 0.1) is 29.6 Å². The van der Waals surface area contributed by atoms with E-state index in [-0.39, 0.29) is 0 Å². The van der Waals surface area contributed by atoms with Gasteiger partial charge >= 0.3 is 0 Å². The number of para-hydroxylation sites is 1. The average Bonchev–Trinajstić information content (AvgIpc) is 3.19. The van der Waals surface area contributed by atoms with Crippen LogP contribution >= 0.6 is 27.9 Å². The van der Waals surface area contributed by atoms with Crippen molar-refractivity contribution in [2.75, 3.05) is 33.1 Å². The van der Waals surface area contributed by atoms with Crippen molar-refractivity contribution in [3.8, 4) is 5.75 Å². The Labute approximate surface area is 206 Å². The van der Waals surface area contributed by atoms with Gasteiger partial charge in [0.2, 0.25) is 0 Å². The summed E-state index contributed by atoms with van der Waals surface area (Å²) in [5, 5.41) is 1.08. The fraction of sp³-hybridized carbons (Fsp3) is 0.333. The molecule has 4 rings (SSSR count). The van der Waals surface area contributed by atoms with Gasteiger partial charge in [-0.25, -0.2) is 9.97 Å². The monoisotopic (exact) mass is 529 g/mol. The number of hydrogen-bond donors (Lipinski definition) is 2. The molecule has 3 N–H and O–H groups in total. The van der Waals surface area contributed by atoms with Gasteiger partial charge in [0.15, 0.2) is 5.82 Å². The number of nitrogens with zero attached hydrogens (tertiary/aromatic N) is 3. The van der Waals surface area contributed by atoms with Crippen molar-refractivity contribution < 1.29 is 9.47 Å². The summed E-state index contributed by atoms with van der Waals surface area (Å²) in [6.07, 6.45) is 2.76. The Bertz CT molecular complexity index is 1250. The second-order valence-electron chi connectivity index (χ2n) is 7.63. The van der Waals surface area contributed by atoms with Gasteiger partial charge in [0.25, 0.3) is 0 Å². The van der Waals surface area contributed by atoms with E-state index in [1.54, 1.807) is 26.2 Å². The maximum absolute atomic E-state index is 6.27. The zero-order valence-electron chi connectivity index (χ0n) is 18.8. The van der Waals surface area contributed by atoms with E-state index in [4.69, 9.17) is 20.2 Å². The lowest BCUT2D eigenvalue weighted by molar-refractivity contribution is 0.199. The van der Waals surface area contributed by atoms with E-state index in [0.717, 1.165) is 75.2 Å². The van der Waals surface area contributed by atoms with Crippen LogP contribution in [0.2, 0.25) is 0 Å². The van der Waals surface area contributed by atoms with Crippen molar-refractivity contribution in [3.05, 3.63) is 52.8 Å². The molecule has 0 spiro atoms. The van der Waals surface area contributed by atoms with E-state index < -0.39 is 0 Å². The molecule has 174 valence electrons. The Morgan fingerprint density at radius 1 is 1.12 bits per heavy atom. The Balaban J connectivity index is 1.46. The van der Waals surface area contributed by atoms with Gasteiger partial charge < -0.3 is 19.8 Å². The van der Waals surface area contributed by atoms with E-state index in [2.05, 4.69) is 42.3 Å². The maximum Gasteiger partial charge on any atom is 0.152 e. The first-order chi connectivity index (χ1) is 16.1. The van der Waals surface area contributed by atoms with Crippen LogP contribution in [-0.4, -0.2) is 41.9 Å². The van der Waals surface area contributed by atoms with E-state index in [9.17, 15) is 0 Å². The number of unbranched alkanes of at least 4 members (excludes halogenated alkanes) is 1. The van der Waals surface area contributed by atoms with Crippen molar-refractivity contribution in [2.45, 2.75) is 30.7 Å². The molecule has 2 aromatic heterocycles. The molecule has 0 saturated carbocycles. The molecule has 0 radical (unpaired) electrons. The topological polar surface area (TPSA) is 87.2 Å². The maximum atomic E-state index is 6.27. The number of nitrogen functional groups attached to an aromatic ring is 1. The molecule has 0 fully saturated rings. The Morgan fingerprint density at radius 2 is 1.97 bits per heavy atom. The molecule has 2 heterocycles. The quantitative estimate of drug-likeness (QED) is 0.204. The lowest BCUT2D eigenvalue weighted by atomic mass is 10.2. The number of imidazole rings is 1. The van der Waals surface area contributed by atoms with E-state index >= 15 is 0 Å². The zero-order chi connectivity index (χ0) is 23.2. The molecule has 0 saturated heterocycles. The van der Waals surface area contributed by atoms with Gasteiger partial charge in [-0.2, -0.15) is 0 Å². The van der Waals surface area contributed by atoms with Crippen LogP contribution in [0.4, 0.5) is 5.82 Å². The molecule has 33 heavy (non-hydrogen) atoms. The third-order valence-corrected chi connectivity index (χ3v) is 6.82. The van der Waals surface area contributed by atoms with Gasteiger partial charge in [0.1, 0.15) is 17.1 Å². The number of pyridine rings is 1. The number of aromatic nitrogens is 3. The standard InChI is InChI=1S/C24H28BrN5O2S/c1-31-14-11-21-29-22-23(17-7-3-4-8-18(17)28-24(22)26)30(21)13-6-5-12-27-33-20-15-16(25)9-10-19(20)32-2/h3-4,7-10,15,27H,5-6,11-14H2,1-2H3,(H2,26,28). The summed E-state index contributed by atoms with van der Waals surface area (Å²) in [5.74, 6) is 2.32. The number of anilines is 1. The summed E-state index contributed by atoms with van der Waals surface area (Å²) in [5.41, 5.74) is 9.00. The lowest BCUT2D eigenvalue weighted by Gasteiger charge is -2.12. The highest BCUT2D eigenvalue weighted by atomic mass is 79.9. The first-order valence-corrected chi connectivity index (χ1v) is 12.5. The molecule has 7 nitrogen and oxygen atoms in total. The predicted molar refractivity (Wildman–Crippen MR) is 139 cm³/mol. The molecule has 0 aliphatic rings. The van der Waals surface area contributed by atoms with Gasteiger partial charge in [-0.1, -0.05) is 34.1 Å². The van der Waals surface area contributed by atoms with E-state index in [1.165, 1.54) is 0 Å². The zero-order valence-corrected chi connectivity index (χ0v) is 21.2. The van der Waals surface area contributed by atoms with Gasteiger partial charge in [0, 0.05) is 36.5 Å². The number of halogens is 1. The molecule has 9 heteroatoms. The number of hydrogen-bond acceptors (Lipinski definition) is 7. The number of fused-ring (bicyclic) bond motifs is 3. The van der Waals surface area contributed by atoms with Crippen LogP contribution in [-0.2, 0) is 17.7 Å². The summed E-state index contributed by atoms with van der Waals surface area (Å²) >= 11 is 5.11. The summed E-state index contributed by atoms with van der Waals surface area (Å²) in [6, 6.07) is 14.1. The SMILES string of the molecule is COCCc1nc2c(N)nc3ccccc3c2n1CCCCNSc1cc(Br)ccc1OC. The number of nitrogens with one attached hydrogen (secondary N) is 1. The van der Waals surface area contributed by atoms with Crippen molar-refractivity contribution >= 4 is 55.6 Å². The normalized spacial score (nSPS) is 11.5. The lowest BCUT2D eigenvalue weighted by Crippen LogP contribution is -2.10. The van der Waals surface area contributed by atoms with Crippen molar-refractivity contribution in [3.63, 3.8) is 0 Å². The molecule has 0 atom stereocenters. The number of aryl methyl sites for hydroxylation is 1. The summed E-state index contributed by atoms with van der Waals surface area (Å²) < 4.78 is 17.5. The van der Waals surface area contributed by atoms with Crippen LogP contribution < -0.4 is 15.2 Å². The Kier molecular flexibility index (Phi) is 8.08. The van der Waals surface area contributed by atoms with Gasteiger partial charge in [-0.05, 0) is 49.1 Å². The molecule has 0 unspecified atom stereocenters. The predicted octanol–water partition coefficient (Wildman–Crippen LogP) is 5.20. The molecule has 0 amide bonds. The highest BCUT2D eigenvalue weighted by molar-refractivity contribution is 9.10. The molecule has 4 aromatic rings. The summed E-state index contributed by atoms with van der Waals surface area (Å²) in [4.78, 5) is 10.5. The molecular formula is C24H28BrN5O2S. The van der Waals surface area contributed by atoms with Gasteiger partial charge in [-0.3, -0.25) is 4.72 Å². The smallest absolute Gasteiger partial charge is 0.152 e. The van der Waals surface area contributed by atoms with Crippen LogP contribution in [0, 0.1) is 0 Å². The first-order valence-electron chi connectivity index (χ1n) is 10.9. The third-order valence-electron chi connectivity index (χ3n) is 5.44. The minimum absolute atomic E-state index is 0.474. The highest BCUT2D eigenvalue weighted by Crippen LogP contribution is 2.31. The summed E-state index contributed by atoms with van der Waals surface area (Å²) in [7, 11) is 3.40. The van der Waals surface area contributed by atoms with Crippen molar-refractivity contribution in [1.82, 2.24) is 19.3 Å². The Hall–Kier alpha value is -2.33. The molecule has 0 bridgehead atoms. The minimum atomic E-state index is 0.474. The van der Waals surface area contributed by atoms with Gasteiger partial charge in [-0.15, -0.1) is 0 Å². The van der Waals surface area contributed by atoms with Crippen LogP contribution in [0.3, 0.4) is 0 Å². The fourth-order valence-electron chi connectivity index (χ4n) is 3.86. The molecule has 2 aromatic carbocycles. The highest BCUT2D eigenvalue weighted by Gasteiger charge is 2.17. The van der Waals surface area contributed by atoms with E-state index in [0.29, 0.717) is 12.4 Å². The summed E-state index contributed by atoms with van der Waals surface area (Å²) in [6.45, 7) is 2.35. The average molecular weight is 530 g/mol. The fourth-order valence-corrected chi connectivity index (χ4v) is 5.21. The van der Waals surface area contributed by atoms with Crippen LogP contribution in [0.15, 0.2) is 51.8 Å². The Morgan fingerprint density at radius 3 is 2.79 bits per heavy atom. The number of methoxy groups -OCH3 is 2. The number of rotatable bonds is 11. The number of nitrogens with two attached hydrogens (primary N) is 1. The van der Waals surface area contributed by atoms with E-state index in [1.807, 2.05) is 30.3 Å². The van der Waals surface area contributed by atoms with Crippen LogP contribution in [0.25, 0.3) is 21.9 Å². The molecule has 0 aliphatic carbocycles. The van der Waals surface area contributed by atoms with Crippen LogP contribution in [0.5, 0.6) is 5.75 Å². The molecule has 0 aliphatic heterocycles. The minimum Gasteiger partial charge on any atom is -0.496 e. The first kappa shape index (κ1) is 23.8. The number of benzene rings is 2.